The molecule has 0 aromatic heterocycles. The van der Waals surface area contributed by atoms with Crippen LogP contribution in [0.4, 0.5) is 22.0 Å². The predicted octanol–water partition coefficient (Wildman–Crippen LogP) is 9.38. The van der Waals surface area contributed by atoms with Crippen molar-refractivity contribution in [1.82, 2.24) is 0 Å². The van der Waals surface area contributed by atoms with E-state index in [0.717, 1.165) is 31.6 Å². The summed E-state index contributed by atoms with van der Waals surface area (Å²) in [5.41, 5.74) is 0.470. The Kier molecular flexibility index (Phi) is 8.09. The van der Waals surface area contributed by atoms with Crippen LogP contribution in [0.1, 0.15) is 57.4 Å². The summed E-state index contributed by atoms with van der Waals surface area (Å²) in [6.45, 7) is 2.19. The second kappa shape index (κ2) is 11.2. The SMILES string of the molecule is CCCC1CCC(CCc2c(F)cc(-c3ccccc3)c(Oc3cc(F)c(F)c(F)c3)c2F)CC1. The van der Waals surface area contributed by atoms with Gasteiger partial charge in [0.2, 0.25) is 0 Å². The highest BCUT2D eigenvalue weighted by molar-refractivity contribution is 5.72. The molecule has 1 fully saturated rings. The number of hydrogen-bond acceptors (Lipinski definition) is 1. The van der Waals surface area contributed by atoms with E-state index in [2.05, 4.69) is 6.92 Å². The summed E-state index contributed by atoms with van der Waals surface area (Å²) in [7, 11) is 0. The first kappa shape index (κ1) is 25.2. The number of benzene rings is 3. The molecule has 4 rings (SSSR count). The summed E-state index contributed by atoms with van der Waals surface area (Å²) >= 11 is 0. The van der Waals surface area contributed by atoms with E-state index >= 15 is 8.78 Å². The van der Waals surface area contributed by atoms with Crippen molar-refractivity contribution in [3.8, 4) is 22.6 Å². The lowest BCUT2D eigenvalue weighted by Gasteiger charge is -2.28. The molecule has 0 heterocycles. The minimum atomic E-state index is -1.64. The van der Waals surface area contributed by atoms with Gasteiger partial charge in [0.05, 0.1) is 0 Å². The van der Waals surface area contributed by atoms with E-state index in [4.69, 9.17) is 4.74 Å². The van der Waals surface area contributed by atoms with Crippen LogP contribution in [0.3, 0.4) is 0 Å². The Labute approximate surface area is 202 Å². The van der Waals surface area contributed by atoms with Gasteiger partial charge in [-0.1, -0.05) is 75.8 Å². The van der Waals surface area contributed by atoms with Crippen molar-refractivity contribution in [3.63, 3.8) is 0 Å². The van der Waals surface area contributed by atoms with E-state index in [9.17, 15) is 13.2 Å². The van der Waals surface area contributed by atoms with Crippen LogP contribution in [0, 0.1) is 40.9 Å². The average molecular weight is 489 g/mol. The van der Waals surface area contributed by atoms with Crippen molar-refractivity contribution < 1.29 is 26.7 Å². The molecule has 0 amide bonds. The Bertz CT molecular complexity index is 1130. The minimum Gasteiger partial charge on any atom is -0.453 e. The maximum Gasteiger partial charge on any atom is 0.194 e. The highest BCUT2D eigenvalue weighted by Crippen LogP contribution is 2.40. The molecule has 0 atom stereocenters. The molecule has 1 aliphatic carbocycles. The zero-order valence-corrected chi connectivity index (χ0v) is 19.7. The first-order chi connectivity index (χ1) is 16.9. The van der Waals surface area contributed by atoms with E-state index in [1.807, 2.05) is 0 Å². The molecule has 3 aromatic rings. The Morgan fingerprint density at radius 2 is 1.34 bits per heavy atom. The molecule has 0 unspecified atom stereocenters. The molecule has 1 saturated carbocycles. The summed E-state index contributed by atoms with van der Waals surface area (Å²) in [5, 5.41) is 0. The summed E-state index contributed by atoms with van der Waals surface area (Å²) < 4.78 is 77.4. The Morgan fingerprint density at radius 3 is 1.94 bits per heavy atom. The summed E-state index contributed by atoms with van der Waals surface area (Å²) in [4.78, 5) is 0. The van der Waals surface area contributed by atoms with Crippen molar-refractivity contribution in [3.05, 3.63) is 83.2 Å². The van der Waals surface area contributed by atoms with Gasteiger partial charge in [-0.15, -0.1) is 0 Å². The fraction of sp³-hybridized carbons (Fsp3) is 0.379. The third kappa shape index (κ3) is 5.85. The quantitative estimate of drug-likeness (QED) is 0.227. The van der Waals surface area contributed by atoms with Crippen LogP contribution >= 0.6 is 0 Å². The highest BCUT2D eigenvalue weighted by Gasteiger charge is 2.25. The van der Waals surface area contributed by atoms with Gasteiger partial charge in [0.25, 0.3) is 0 Å². The Morgan fingerprint density at radius 1 is 0.743 bits per heavy atom. The number of ether oxygens (including phenoxy) is 1. The molecule has 0 saturated heterocycles. The first-order valence-corrected chi connectivity index (χ1v) is 12.3. The van der Waals surface area contributed by atoms with Crippen LogP contribution in [0.25, 0.3) is 11.1 Å². The molecule has 0 spiro atoms. The standard InChI is InChI=1S/C29H29F5O/c1-2-6-18-9-11-19(12-10-18)13-14-22-24(30)17-23(20-7-4-3-5-8-20)29(27(22)33)35-21-15-25(31)28(34)26(32)16-21/h3-5,7-8,15-19H,2,6,9-14H2,1H3. The third-order valence-corrected chi connectivity index (χ3v) is 7.00. The van der Waals surface area contributed by atoms with Crippen LogP contribution < -0.4 is 4.74 Å². The molecule has 35 heavy (non-hydrogen) atoms. The molecule has 0 radical (unpaired) electrons. The fourth-order valence-corrected chi connectivity index (χ4v) is 5.08. The zero-order chi connectivity index (χ0) is 24.9. The van der Waals surface area contributed by atoms with Crippen molar-refractivity contribution in [2.24, 2.45) is 11.8 Å². The Balaban J connectivity index is 1.64. The molecule has 1 nitrogen and oxygen atoms in total. The maximum atomic E-state index is 15.7. The van der Waals surface area contributed by atoms with E-state index in [1.54, 1.807) is 30.3 Å². The molecule has 0 bridgehead atoms. The second-order valence-electron chi connectivity index (χ2n) is 9.41. The first-order valence-electron chi connectivity index (χ1n) is 12.3. The van der Waals surface area contributed by atoms with Crippen molar-refractivity contribution in [1.29, 1.82) is 0 Å². The summed E-state index contributed by atoms with van der Waals surface area (Å²) in [5.74, 6) is -5.76. The number of halogens is 5. The largest absolute Gasteiger partial charge is 0.453 e. The van der Waals surface area contributed by atoms with E-state index in [-0.39, 0.29) is 23.3 Å². The van der Waals surface area contributed by atoms with Gasteiger partial charge in [-0.3, -0.25) is 0 Å². The molecule has 1 aliphatic rings. The number of rotatable bonds is 8. The maximum absolute atomic E-state index is 15.7. The lowest BCUT2D eigenvalue weighted by atomic mass is 9.78. The van der Waals surface area contributed by atoms with Crippen molar-refractivity contribution >= 4 is 0 Å². The molecule has 6 heteroatoms. The van der Waals surface area contributed by atoms with Gasteiger partial charge in [0.1, 0.15) is 11.6 Å². The van der Waals surface area contributed by atoms with E-state index in [0.29, 0.717) is 30.0 Å². The van der Waals surface area contributed by atoms with Crippen LogP contribution in [0.15, 0.2) is 48.5 Å². The van der Waals surface area contributed by atoms with Gasteiger partial charge < -0.3 is 4.74 Å². The second-order valence-corrected chi connectivity index (χ2v) is 9.41. The van der Waals surface area contributed by atoms with Crippen molar-refractivity contribution in [2.45, 2.75) is 58.3 Å². The third-order valence-electron chi connectivity index (χ3n) is 7.00. The topological polar surface area (TPSA) is 9.23 Å². The molecule has 186 valence electrons. The number of hydrogen-bond donors (Lipinski definition) is 0. The smallest absolute Gasteiger partial charge is 0.194 e. The van der Waals surface area contributed by atoms with E-state index < -0.39 is 34.8 Å². The van der Waals surface area contributed by atoms with Gasteiger partial charge in [-0.25, -0.2) is 22.0 Å². The molecular formula is C29H29F5O. The van der Waals surface area contributed by atoms with Gasteiger partial charge in [-0.2, -0.15) is 0 Å². The van der Waals surface area contributed by atoms with Crippen LogP contribution in [0.5, 0.6) is 11.5 Å². The van der Waals surface area contributed by atoms with Crippen LogP contribution in [-0.2, 0) is 6.42 Å². The lowest BCUT2D eigenvalue weighted by Crippen LogP contribution is -2.15. The molecule has 0 aliphatic heterocycles. The van der Waals surface area contributed by atoms with E-state index in [1.165, 1.54) is 18.9 Å². The molecular weight excluding hydrogens is 459 g/mol. The van der Waals surface area contributed by atoms with Crippen molar-refractivity contribution in [2.75, 3.05) is 0 Å². The molecule has 3 aromatic carbocycles. The Hall–Kier alpha value is -2.89. The van der Waals surface area contributed by atoms with Gasteiger partial charge in [0, 0.05) is 23.3 Å². The lowest BCUT2D eigenvalue weighted by molar-refractivity contribution is 0.251. The van der Waals surface area contributed by atoms with Gasteiger partial charge in [-0.05, 0) is 36.3 Å². The average Bonchev–Trinajstić information content (AvgIpc) is 2.85. The van der Waals surface area contributed by atoms with Crippen LogP contribution in [-0.4, -0.2) is 0 Å². The predicted molar refractivity (Wildman–Crippen MR) is 127 cm³/mol. The zero-order valence-electron chi connectivity index (χ0n) is 19.7. The summed E-state index contributed by atoms with van der Waals surface area (Å²) in [6, 6.07) is 10.9. The van der Waals surface area contributed by atoms with Gasteiger partial charge >= 0.3 is 0 Å². The van der Waals surface area contributed by atoms with Crippen LogP contribution in [0.2, 0.25) is 0 Å². The normalized spacial score (nSPS) is 18.0. The fourth-order valence-electron chi connectivity index (χ4n) is 5.08. The van der Waals surface area contributed by atoms with Gasteiger partial charge in [0.15, 0.2) is 29.0 Å². The monoisotopic (exact) mass is 488 g/mol. The summed E-state index contributed by atoms with van der Waals surface area (Å²) in [6.07, 6.45) is 7.63. The molecule has 0 N–H and O–H groups in total. The minimum absolute atomic E-state index is 0.106. The highest BCUT2D eigenvalue weighted by atomic mass is 19.2.